The highest BCUT2D eigenvalue weighted by atomic mass is 32.2. The fourth-order valence-electron chi connectivity index (χ4n) is 3.48. The van der Waals surface area contributed by atoms with Gasteiger partial charge in [0.1, 0.15) is 5.82 Å². The average molecular weight is 425 g/mol. The van der Waals surface area contributed by atoms with Crippen LogP contribution in [0.1, 0.15) is 40.7 Å². The summed E-state index contributed by atoms with van der Waals surface area (Å²) in [6.45, 7) is 3.60. The monoisotopic (exact) mass is 424 g/mol. The van der Waals surface area contributed by atoms with Crippen molar-refractivity contribution in [3.05, 3.63) is 70.9 Å². The number of thioether (sulfide) groups is 1. The van der Waals surface area contributed by atoms with E-state index in [1.807, 2.05) is 6.92 Å². The second-order valence-electron chi connectivity index (χ2n) is 7.45. The Balaban J connectivity index is 1.54. The number of amidine groups is 1. The highest BCUT2D eigenvalue weighted by molar-refractivity contribution is 8.13. The van der Waals surface area contributed by atoms with Crippen LogP contribution in [0.2, 0.25) is 0 Å². The largest absolute Gasteiger partial charge is 0.379 e. The summed E-state index contributed by atoms with van der Waals surface area (Å²) in [6.07, 6.45) is 0.849. The standard InChI is InChI=1S/C22H21FN4O2S/c1-13-25-20(27-29-13)16-6-4-15(5-7-16)19(28)12-14-3-8-18(23)17(11-14)22(2)9-10-30-21(24)26-22/h3-8,11H,9-10,12H2,1-2H3,(H2,24,26)/t22-/m0/s1. The van der Waals surface area contributed by atoms with E-state index in [4.69, 9.17) is 10.3 Å². The van der Waals surface area contributed by atoms with Crippen LogP contribution >= 0.6 is 11.8 Å². The minimum Gasteiger partial charge on any atom is -0.379 e. The van der Waals surface area contributed by atoms with E-state index in [2.05, 4.69) is 15.1 Å². The molecule has 0 spiro atoms. The first-order valence-corrected chi connectivity index (χ1v) is 10.5. The number of Topliss-reactive ketones (excluding diaryl/α,β-unsaturated/α-hetero) is 1. The lowest BCUT2D eigenvalue weighted by Gasteiger charge is -2.30. The number of nitrogens with zero attached hydrogens (tertiary/aromatic N) is 3. The molecule has 0 radical (unpaired) electrons. The maximum absolute atomic E-state index is 14.6. The number of aromatic nitrogens is 2. The van der Waals surface area contributed by atoms with Crippen LogP contribution in [-0.4, -0.2) is 26.8 Å². The number of aliphatic imine (C=N–C) groups is 1. The number of nitrogens with two attached hydrogens (primary N) is 1. The third-order valence-electron chi connectivity index (χ3n) is 5.16. The zero-order valence-electron chi connectivity index (χ0n) is 16.7. The Hall–Kier alpha value is -3.00. The van der Waals surface area contributed by atoms with E-state index in [0.717, 1.165) is 16.9 Å². The van der Waals surface area contributed by atoms with Crippen LogP contribution in [0.15, 0.2) is 52.0 Å². The molecule has 2 heterocycles. The predicted molar refractivity (Wildman–Crippen MR) is 115 cm³/mol. The van der Waals surface area contributed by atoms with Crippen LogP contribution in [0, 0.1) is 12.7 Å². The number of carbonyl (C=O) groups is 1. The summed E-state index contributed by atoms with van der Waals surface area (Å²) in [5, 5.41) is 4.33. The third kappa shape index (κ3) is 4.14. The van der Waals surface area contributed by atoms with Gasteiger partial charge in [-0.3, -0.25) is 9.79 Å². The lowest BCUT2D eigenvalue weighted by Crippen LogP contribution is -2.29. The number of ketones is 1. The number of halogens is 1. The quantitative estimate of drug-likeness (QED) is 0.615. The highest BCUT2D eigenvalue weighted by Gasteiger charge is 2.32. The molecule has 1 atom stereocenters. The van der Waals surface area contributed by atoms with Crippen molar-refractivity contribution < 1.29 is 13.7 Å². The van der Waals surface area contributed by atoms with Crippen molar-refractivity contribution in [2.45, 2.75) is 32.2 Å². The van der Waals surface area contributed by atoms with Crippen LogP contribution in [0.5, 0.6) is 0 Å². The lowest BCUT2D eigenvalue weighted by molar-refractivity contribution is 0.0993. The molecule has 0 fully saturated rings. The molecule has 4 rings (SSSR count). The van der Waals surface area contributed by atoms with Crippen molar-refractivity contribution in [2.75, 3.05) is 5.75 Å². The summed E-state index contributed by atoms with van der Waals surface area (Å²) in [5.41, 5.74) is 7.69. The molecule has 0 saturated heterocycles. The van der Waals surface area contributed by atoms with Gasteiger partial charge in [-0.15, -0.1) is 0 Å². The lowest BCUT2D eigenvalue weighted by atomic mass is 9.87. The van der Waals surface area contributed by atoms with Crippen molar-refractivity contribution >= 4 is 22.7 Å². The SMILES string of the molecule is Cc1nc(-c2ccc(C(=O)Cc3ccc(F)c([C@]4(C)CCSC(N)=N4)c3)cc2)no1. The Kier molecular flexibility index (Phi) is 5.42. The Morgan fingerprint density at radius 3 is 2.70 bits per heavy atom. The summed E-state index contributed by atoms with van der Waals surface area (Å²) in [5.74, 6) is 1.34. The Morgan fingerprint density at radius 1 is 1.27 bits per heavy atom. The first kappa shape index (κ1) is 20.3. The van der Waals surface area contributed by atoms with Crippen molar-refractivity contribution in [1.82, 2.24) is 10.1 Å². The molecule has 0 aliphatic carbocycles. The van der Waals surface area contributed by atoms with Crippen molar-refractivity contribution in [2.24, 2.45) is 10.7 Å². The van der Waals surface area contributed by atoms with Gasteiger partial charge in [0.25, 0.3) is 0 Å². The minimum absolute atomic E-state index is 0.0595. The van der Waals surface area contributed by atoms with Gasteiger partial charge in [0, 0.05) is 35.8 Å². The van der Waals surface area contributed by atoms with Crippen LogP contribution in [0.3, 0.4) is 0 Å². The van der Waals surface area contributed by atoms with Crippen molar-refractivity contribution in [3.8, 4) is 11.4 Å². The van der Waals surface area contributed by atoms with Gasteiger partial charge < -0.3 is 10.3 Å². The van der Waals surface area contributed by atoms with Gasteiger partial charge in [0.15, 0.2) is 11.0 Å². The number of benzene rings is 2. The van der Waals surface area contributed by atoms with Crippen LogP contribution in [0.4, 0.5) is 4.39 Å². The molecular formula is C22H21FN4O2S. The van der Waals surface area contributed by atoms with E-state index in [-0.39, 0.29) is 18.0 Å². The molecule has 0 saturated carbocycles. The summed E-state index contributed by atoms with van der Waals surface area (Å²) in [4.78, 5) is 21.4. The maximum Gasteiger partial charge on any atom is 0.223 e. The number of hydrogen-bond acceptors (Lipinski definition) is 7. The third-order valence-corrected chi connectivity index (χ3v) is 5.96. The molecule has 30 heavy (non-hydrogen) atoms. The van der Waals surface area contributed by atoms with Crippen LogP contribution in [0.25, 0.3) is 11.4 Å². The first-order valence-electron chi connectivity index (χ1n) is 9.55. The zero-order valence-corrected chi connectivity index (χ0v) is 17.5. The van der Waals surface area contributed by atoms with Crippen molar-refractivity contribution in [3.63, 3.8) is 0 Å². The van der Waals surface area contributed by atoms with Gasteiger partial charge in [0.2, 0.25) is 11.7 Å². The molecule has 8 heteroatoms. The van der Waals surface area contributed by atoms with Gasteiger partial charge in [-0.2, -0.15) is 4.98 Å². The van der Waals surface area contributed by atoms with E-state index < -0.39 is 5.54 Å². The van der Waals surface area contributed by atoms with E-state index in [0.29, 0.717) is 34.4 Å². The Labute approximate surface area is 177 Å². The number of hydrogen-bond donors (Lipinski definition) is 1. The number of carbonyl (C=O) groups excluding carboxylic acids is 1. The molecule has 0 amide bonds. The minimum atomic E-state index is -0.719. The molecule has 1 aliphatic rings. The Morgan fingerprint density at radius 2 is 2.03 bits per heavy atom. The molecule has 0 bridgehead atoms. The Bertz CT molecular complexity index is 1130. The van der Waals surface area contributed by atoms with Gasteiger partial charge >= 0.3 is 0 Å². The number of aryl methyl sites for hydroxylation is 1. The maximum atomic E-state index is 14.6. The molecular weight excluding hydrogens is 403 g/mol. The van der Waals surface area contributed by atoms with E-state index in [9.17, 15) is 9.18 Å². The van der Waals surface area contributed by atoms with Crippen LogP contribution in [-0.2, 0) is 12.0 Å². The second-order valence-corrected chi connectivity index (χ2v) is 8.57. The van der Waals surface area contributed by atoms with E-state index in [1.54, 1.807) is 43.3 Å². The normalized spacial score (nSPS) is 18.8. The zero-order chi connectivity index (χ0) is 21.3. The molecule has 3 aromatic rings. The summed E-state index contributed by atoms with van der Waals surface area (Å²) < 4.78 is 19.6. The van der Waals surface area contributed by atoms with E-state index >= 15 is 0 Å². The van der Waals surface area contributed by atoms with Gasteiger partial charge in [-0.1, -0.05) is 47.3 Å². The van der Waals surface area contributed by atoms with Crippen LogP contribution < -0.4 is 5.73 Å². The molecule has 6 nitrogen and oxygen atoms in total. The topological polar surface area (TPSA) is 94.4 Å². The smallest absolute Gasteiger partial charge is 0.223 e. The predicted octanol–water partition coefficient (Wildman–Crippen LogP) is 4.28. The first-order chi connectivity index (χ1) is 14.3. The summed E-state index contributed by atoms with van der Waals surface area (Å²) >= 11 is 1.47. The fraction of sp³-hybridized carbons (Fsp3) is 0.273. The molecule has 154 valence electrons. The molecule has 0 unspecified atom stereocenters. The summed E-state index contributed by atoms with van der Waals surface area (Å²) in [6, 6.07) is 11.8. The molecule has 1 aromatic heterocycles. The molecule has 2 aromatic carbocycles. The number of rotatable bonds is 5. The van der Waals surface area contributed by atoms with Gasteiger partial charge in [-0.25, -0.2) is 4.39 Å². The van der Waals surface area contributed by atoms with E-state index in [1.165, 1.54) is 17.8 Å². The summed E-state index contributed by atoms with van der Waals surface area (Å²) in [7, 11) is 0. The van der Waals surface area contributed by atoms with Gasteiger partial charge in [0.05, 0.1) is 5.54 Å². The highest BCUT2D eigenvalue weighted by Crippen LogP contribution is 2.36. The molecule has 1 aliphatic heterocycles. The average Bonchev–Trinajstić information content (AvgIpc) is 3.15. The fourth-order valence-corrected chi connectivity index (χ4v) is 4.46. The molecule has 2 N–H and O–H groups in total. The van der Waals surface area contributed by atoms with Gasteiger partial charge in [-0.05, 0) is 31.0 Å². The second kappa shape index (κ2) is 8.02. The van der Waals surface area contributed by atoms with Crippen molar-refractivity contribution in [1.29, 1.82) is 0 Å².